The van der Waals surface area contributed by atoms with E-state index in [2.05, 4.69) is 6.58 Å². The van der Waals surface area contributed by atoms with Gasteiger partial charge in [-0.1, -0.05) is 36.4 Å². The number of benzene rings is 1. The molecular formula is C20H23ClO4S. The van der Waals surface area contributed by atoms with Crippen LogP contribution in [0.1, 0.15) is 34.9 Å². The van der Waals surface area contributed by atoms with Crippen LogP contribution >= 0.6 is 22.9 Å². The maximum absolute atomic E-state index is 10.0. The van der Waals surface area contributed by atoms with Crippen molar-refractivity contribution < 1.29 is 19.7 Å². The second-order valence-corrected chi connectivity index (χ2v) is 8.11. The molecule has 0 aliphatic carbocycles. The van der Waals surface area contributed by atoms with E-state index in [0.29, 0.717) is 19.4 Å². The molecule has 0 saturated carbocycles. The minimum atomic E-state index is -0.460. The molecule has 6 heteroatoms. The Labute approximate surface area is 162 Å². The SMILES string of the molecule is C=CCOc1ccc(Cc2cc(C3CC(O)CC(CO)O3)sc2Cl)cc1. The minimum absolute atomic E-state index is 0.0835. The van der Waals surface area contributed by atoms with E-state index in [9.17, 15) is 10.2 Å². The first-order valence-corrected chi connectivity index (χ1v) is 9.83. The molecule has 1 aliphatic rings. The molecule has 1 fully saturated rings. The van der Waals surface area contributed by atoms with Crippen LogP contribution < -0.4 is 4.74 Å². The number of aliphatic hydroxyl groups excluding tert-OH is 2. The zero-order chi connectivity index (χ0) is 18.5. The lowest BCUT2D eigenvalue weighted by atomic mass is 9.99. The molecule has 1 saturated heterocycles. The number of ether oxygens (including phenoxy) is 2. The van der Waals surface area contributed by atoms with Crippen LogP contribution in [0.4, 0.5) is 0 Å². The largest absolute Gasteiger partial charge is 0.490 e. The van der Waals surface area contributed by atoms with Crippen LogP contribution in [0.2, 0.25) is 4.34 Å². The van der Waals surface area contributed by atoms with E-state index in [0.717, 1.165) is 32.5 Å². The first kappa shape index (κ1) is 19.4. The maximum Gasteiger partial charge on any atom is 0.119 e. The van der Waals surface area contributed by atoms with Gasteiger partial charge in [0.2, 0.25) is 0 Å². The molecule has 26 heavy (non-hydrogen) atoms. The van der Waals surface area contributed by atoms with Gasteiger partial charge in [0.15, 0.2) is 0 Å². The van der Waals surface area contributed by atoms with E-state index in [-0.39, 0.29) is 18.8 Å². The molecule has 1 aromatic heterocycles. The summed E-state index contributed by atoms with van der Waals surface area (Å²) < 4.78 is 12.1. The molecule has 2 aromatic rings. The van der Waals surface area contributed by atoms with Crippen LogP contribution in [0.15, 0.2) is 43.0 Å². The van der Waals surface area contributed by atoms with Crippen LogP contribution in [0.25, 0.3) is 0 Å². The number of rotatable bonds is 7. The van der Waals surface area contributed by atoms with E-state index < -0.39 is 6.10 Å². The summed E-state index contributed by atoms with van der Waals surface area (Å²) in [7, 11) is 0. The highest BCUT2D eigenvalue weighted by Crippen LogP contribution is 2.39. The number of aliphatic hydroxyl groups is 2. The van der Waals surface area contributed by atoms with Gasteiger partial charge < -0.3 is 19.7 Å². The average Bonchev–Trinajstić information content (AvgIpc) is 3.01. The Morgan fingerprint density at radius 1 is 1.31 bits per heavy atom. The third-order valence-electron chi connectivity index (χ3n) is 4.36. The predicted molar refractivity (Wildman–Crippen MR) is 104 cm³/mol. The van der Waals surface area contributed by atoms with Crippen molar-refractivity contribution in [1.29, 1.82) is 0 Å². The summed E-state index contributed by atoms with van der Waals surface area (Å²) in [4.78, 5) is 0.994. The molecular weight excluding hydrogens is 372 g/mol. The first-order chi connectivity index (χ1) is 12.6. The van der Waals surface area contributed by atoms with E-state index in [1.807, 2.05) is 30.3 Å². The highest BCUT2D eigenvalue weighted by Gasteiger charge is 2.30. The number of hydrogen-bond acceptors (Lipinski definition) is 5. The zero-order valence-corrected chi connectivity index (χ0v) is 16.0. The standard InChI is InChI=1S/C20H23ClO4S/c1-2-7-24-16-5-3-13(4-6-16)8-14-9-19(26-20(14)21)18-11-15(23)10-17(12-22)25-18/h2-6,9,15,17-18,22-23H,1,7-8,10-12H2. The topological polar surface area (TPSA) is 58.9 Å². The van der Waals surface area contributed by atoms with Gasteiger partial charge in [-0.15, -0.1) is 11.3 Å². The van der Waals surface area contributed by atoms with Crippen molar-refractivity contribution in [3.8, 4) is 5.75 Å². The monoisotopic (exact) mass is 394 g/mol. The van der Waals surface area contributed by atoms with Crippen LogP contribution in [0, 0.1) is 0 Å². The van der Waals surface area contributed by atoms with Gasteiger partial charge in [-0.05, 0) is 35.7 Å². The lowest BCUT2D eigenvalue weighted by molar-refractivity contribution is -0.112. The van der Waals surface area contributed by atoms with E-state index in [1.54, 1.807) is 6.08 Å². The lowest BCUT2D eigenvalue weighted by Gasteiger charge is -2.31. The van der Waals surface area contributed by atoms with Crippen molar-refractivity contribution in [2.45, 2.75) is 37.6 Å². The smallest absolute Gasteiger partial charge is 0.119 e. The van der Waals surface area contributed by atoms with Crippen molar-refractivity contribution in [3.63, 3.8) is 0 Å². The van der Waals surface area contributed by atoms with Crippen molar-refractivity contribution in [1.82, 2.24) is 0 Å². The second-order valence-electron chi connectivity index (χ2n) is 6.42. The van der Waals surface area contributed by atoms with Gasteiger partial charge in [-0.3, -0.25) is 0 Å². The molecule has 140 valence electrons. The molecule has 2 heterocycles. The molecule has 3 unspecified atom stereocenters. The highest BCUT2D eigenvalue weighted by molar-refractivity contribution is 7.16. The molecule has 0 amide bonds. The highest BCUT2D eigenvalue weighted by atomic mass is 35.5. The Morgan fingerprint density at radius 3 is 2.77 bits per heavy atom. The minimum Gasteiger partial charge on any atom is -0.490 e. The quantitative estimate of drug-likeness (QED) is 0.693. The zero-order valence-electron chi connectivity index (χ0n) is 14.4. The fourth-order valence-electron chi connectivity index (χ4n) is 3.08. The van der Waals surface area contributed by atoms with Gasteiger partial charge in [0.1, 0.15) is 12.4 Å². The molecule has 1 aliphatic heterocycles. The second kappa shape index (κ2) is 9.02. The molecule has 0 spiro atoms. The summed E-state index contributed by atoms with van der Waals surface area (Å²) >= 11 is 7.92. The molecule has 0 radical (unpaired) electrons. The Morgan fingerprint density at radius 2 is 2.08 bits per heavy atom. The number of thiophene rings is 1. The van der Waals surface area contributed by atoms with Gasteiger partial charge in [-0.25, -0.2) is 0 Å². The molecule has 2 N–H and O–H groups in total. The van der Waals surface area contributed by atoms with Gasteiger partial charge in [0.05, 0.1) is 29.3 Å². The summed E-state index contributed by atoms with van der Waals surface area (Å²) in [5.74, 6) is 0.811. The van der Waals surface area contributed by atoms with Crippen LogP contribution in [0.5, 0.6) is 5.75 Å². The number of hydrogen-bond donors (Lipinski definition) is 2. The molecule has 3 rings (SSSR count). The summed E-state index contributed by atoms with van der Waals surface area (Å²) in [6.07, 6.45) is 2.43. The Balaban J connectivity index is 1.69. The van der Waals surface area contributed by atoms with Crippen LogP contribution in [-0.4, -0.2) is 35.6 Å². The van der Waals surface area contributed by atoms with Crippen molar-refractivity contribution in [2.24, 2.45) is 0 Å². The lowest BCUT2D eigenvalue weighted by Crippen LogP contribution is -2.33. The number of halogens is 1. The Kier molecular flexibility index (Phi) is 6.73. The molecule has 0 bridgehead atoms. The third kappa shape index (κ3) is 4.87. The maximum atomic E-state index is 10.0. The van der Waals surface area contributed by atoms with E-state index in [1.165, 1.54) is 11.3 Å². The van der Waals surface area contributed by atoms with Gasteiger partial charge in [0.25, 0.3) is 0 Å². The molecule has 4 nitrogen and oxygen atoms in total. The Hall–Kier alpha value is -1.37. The summed E-state index contributed by atoms with van der Waals surface area (Å²) in [5, 5.41) is 19.3. The van der Waals surface area contributed by atoms with E-state index in [4.69, 9.17) is 21.1 Å². The predicted octanol–water partition coefficient (Wildman–Crippen LogP) is 4.13. The normalized spacial score (nSPS) is 23.0. The molecule has 3 atom stereocenters. The van der Waals surface area contributed by atoms with Gasteiger partial charge in [0, 0.05) is 17.7 Å². The summed E-state index contributed by atoms with van der Waals surface area (Å²) in [6, 6.07) is 9.97. The van der Waals surface area contributed by atoms with Crippen LogP contribution in [-0.2, 0) is 11.2 Å². The Bertz CT molecular complexity index is 728. The van der Waals surface area contributed by atoms with Gasteiger partial charge in [-0.2, -0.15) is 0 Å². The van der Waals surface area contributed by atoms with Crippen LogP contribution in [0.3, 0.4) is 0 Å². The molecule has 1 aromatic carbocycles. The van der Waals surface area contributed by atoms with E-state index >= 15 is 0 Å². The average molecular weight is 395 g/mol. The first-order valence-electron chi connectivity index (χ1n) is 8.64. The third-order valence-corrected chi connectivity index (χ3v) is 5.89. The van der Waals surface area contributed by atoms with Crippen molar-refractivity contribution in [2.75, 3.05) is 13.2 Å². The summed E-state index contributed by atoms with van der Waals surface area (Å²) in [6.45, 7) is 4.04. The van der Waals surface area contributed by atoms with Gasteiger partial charge >= 0.3 is 0 Å². The van der Waals surface area contributed by atoms with Crippen molar-refractivity contribution in [3.05, 3.63) is 63.3 Å². The summed E-state index contributed by atoms with van der Waals surface area (Å²) in [5.41, 5.74) is 2.18. The fraction of sp³-hybridized carbons (Fsp3) is 0.400. The van der Waals surface area contributed by atoms with Crippen molar-refractivity contribution >= 4 is 22.9 Å². The fourth-order valence-corrected chi connectivity index (χ4v) is 4.42.